The summed E-state index contributed by atoms with van der Waals surface area (Å²) in [5.41, 5.74) is 5.09. The molecule has 0 spiro atoms. The number of carbonyl (C=O) groups is 1. The van der Waals surface area contributed by atoms with E-state index in [2.05, 4.69) is 34.6 Å². The van der Waals surface area contributed by atoms with Gasteiger partial charge in [-0.05, 0) is 53.6 Å². The number of anilines is 1. The first-order valence-corrected chi connectivity index (χ1v) is 8.50. The quantitative estimate of drug-likeness (QED) is 0.579. The average molecular weight is 324 g/mol. The largest absolute Gasteiger partial charge is 0.321 e. The number of aromatic nitrogens is 1. The van der Waals surface area contributed by atoms with Crippen LogP contribution in [0.4, 0.5) is 5.69 Å². The van der Waals surface area contributed by atoms with Gasteiger partial charge in [-0.3, -0.25) is 9.78 Å². The third-order valence-electron chi connectivity index (χ3n) is 5.02. The van der Waals surface area contributed by atoms with E-state index < -0.39 is 0 Å². The molecule has 1 aliphatic rings. The molecule has 1 aliphatic carbocycles. The van der Waals surface area contributed by atoms with Gasteiger partial charge in [0, 0.05) is 28.2 Å². The highest BCUT2D eigenvalue weighted by atomic mass is 16.1. The van der Waals surface area contributed by atoms with Gasteiger partial charge in [0.2, 0.25) is 0 Å². The standard InChI is InChI=1S/C22H16N2O/c25-22(17-5-2-8-19-16(17)7-3-13-23-19)24-20-12-11-15-10-9-14-4-1-6-18(20)21(14)15/h1-8,11-13H,9-10H2,(H,24,25). The van der Waals surface area contributed by atoms with E-state index in [0.29, 0.717) is 5.56 Å². The monoisotopic (exact) mass is 324 g/mol. The number of nitrogens with one attached hydrogen (secondary N) is 1. The molecule has 0 radical (unpaired) electrons. The fourth-order valence-corrected chi connectivity index (χ4v) is 3.85. The molecule has 1 heterocycles. The van der Waals surface area contributed by atoms with Gasteiger partial charge in [-0.2, -0.15) is 0 Å². The second kappa shape index (κ2) is 5.42. The lowest BCUT2D eigenvalue weighted by atomic mass is 10.0. The van der Waals surface area contributed by atoms with Gasteiger partial charge in [-0.15, -0.1) is 0 Å². The minimum atomic E-state index is -0.0997. The van der Waals surface area contributed by atoms with Gasteiger partial charge in [0.05, 0.1) is 5.52 Å². The molecule has 25 heavy (non-hydrogen) atoms. The number of hydrogen-bond donors (Lipinski definition) is 1. The van der Waals surface area contributed by atoms with Crippen LogP contribution in [-0.4, -0.2) is 10.9 Å². The fraction of sp³-hybridized carbons (Fsp3) is 0.0909. The van der Waals surface area contributed by atoms with Gasteiger partial charge in [0.15, 0.2) is 0 Å². The second-order valence-electron chi connectivity index (χ2n) is 6.44. The second-order valence-corrected chi connectivity index (χ2v) is 6.44. The van der Waals surface area contributed by atoms with Crippen molar-refractivity contribution in [3.8, 4) is 0 Å². The van der Waals surface area contributed by atoms with Crippen molar-refractivity contribution < 1.29 is 4.79 Å². The maximum Gasteiger partial charge on any atom is 0.256 e. The van der Waals surface area contributed by atoms with Crippen LogP contribution in [-0.2, 0) is 12.8 Å². The molecular weight excluding hydrogens is 308 g/mol. The summed E-state index contributed by atoms with van der Waals surface area (Å²) in [4.78, 5) is 17.3. The fourth-order valence-electron chi connectivity index (χ4n) is 3.85. The van der Waals surface area contributed by atoms with Gasteiger partial charge < -0.3 is 5.32 Å². The van der Waals surface area contributed by atoms with Crippen LogP contribution in [0.15, 0.2) is 66.9 Å². The molecule has 3 aromatic carbocycles. The van der Waals surface area contributed by atoms with E-state index in [0.717, 1.165) is 34.8 Å². The van der Waals surface area contributed by atoms with Crippen molar-refractivity contribution in [1.82, 2.24) is 4.98 Å². The summed E-state index contributed by atoms with van der Waals surface area (Å²) in [5.74, 6) is -0.0997. The average Bonchev–Trinajstić information content (AvgIpc) is 3.08. The van der Waals surface area contributed by atoms with E-state index in [1.807, 2.05) is 36.4 Å². The van der Waals surface area contributed by atoms with Crippen molar-refractivity contribution in [1.29, 1.82) is 0 Å². The number of amides is 1. The maximum absolute atomic E-state index is 12.9. The highest BCUT2D eigenvalue weighted by Crippen LogP contribution is 2.35. The lowest BCUT2D eigenvalue weighted by molar-refractivity contribution is 0.102. The van der Waals surface area contributed by atoms with Crippen LogP contribution in [0.5, 0.6) is 0 Å². The van der Waals surface area contributed by atoms with Gasteiger partial charge in [0.25, 0.3) is 5.91 Å². The predicted octanol–water partition coefficient (Wildman–Crippen LogP) is 4.74. The van der Waals surface area contributed by atoms with Crippen LogP contribution < -0.4 is 5.32 Å². The Morgan fingerprint density at radius 3 is 2.56 bits per heavy atom. The first-order chi connectivity index (χ1) is 12.3. The zero-order chi connectivity index (χ0) is 16.8. The van der Waals surface area contributed by atoms with E-state index in [1.165, 1.54) is 16.5 Å². The molecule has 3 heteroatoms. The van der Waals surface area contributed by atoms with E-state index in [9.17, 15) is 4.79 Å². The molecule has 0 unspecified atom stereocenters. The highest BCUT2D eigenvalue weighted by Gasteiger charge is 2.17. The number of aryl methyl sites for hydroxylation is 2. The Bertz CT molecular complexity index is 1130. The molecule has 0 bridgehead atoms. The molecule has 0 saturated carbocycles. The number of nitrogens with zero attached hydrogens (tertiary/aromatic N) is 1. The molecule has 120 valence electrons. The van der Waals surface area contributed by atoms with E-state index in [4.69, 9.17) is 0 Å². The SMILES string of the molecule is O=C(Nc1ccc2c3c(cccc13)CC2)c1cccc2ncccc12. The number of rotatable bonds is 2. The normalized spacial score (nSPS) is 12.6. The molecule has 0 aliphatic heterocycles. The van der Waals surface area contributed by atoms with Crippen LogP contribution >= 0.6 is 0 Å². The summed E-state index contributed by atoms with van der Waals surface area (Å²) in [6.07, 6.45) is 3.91. The topological polar surface area (TPSA) is 42.0 Å². The lowest BCUT2D eigenvalue weighted by Crippen LogP contribution is -2.12. The Balaban J connectivity index is 1.60. The van der Waals surface area contributed by atoms with Crippen molar-refractivity contribution in [3.63, 3.8) is 0 Å². The van der Waals surface area contributed by atoms with Crippen LogP contribution in [0.3, 0.4) is 0 Å². The Kier molecular flexibility index (Phi) is 3.07. The van der Waals surface area contributed by atoms with Crippen molar-refractivity contribution in [3.05, 3.63) is 83.6 Å². The molecular formula is C22H16N2O. The van der Waals surface area contributed by atoms with E-state index in [-0.39, 0.29) is 5.91 Å². The number of carbonyl (C=O) groups excluding carboxylic acids is 1. The Morgan fingerprint density at radius 1 is 0.840 bits per heavy atom. The minimum Gasteiger partial charge on any atom is -0.321 e. The summed E-state index contributed by atoms with van der Waals surface area (Å²) in [6, 6.07) is 19.9. The maximum atomic E-state index is 12.9. The summed E-state index contributed by atoms with van der Waals surface area (Å²) < 4.78 is 0. The molecule has 3 nitrogen and oxygen atoms in total. The molecule has 1 amide bonds. The van der Waals surface area contributed by atoms with Crippen LogP contribution in [0.2, 0.25) is 0 Å². The minimum absolute atomic E-state index is 0.0997. The summed E-state index contributed by atoms with van der Waals surface area (Å²) in [5, 5.41) is 6.41. The van der Waals surface area contributed by atoms with Crippen LogP contribution in [0, 0.1) is 0 Å². The molecule has 0 fully saturated rings. The smallest absolute Gasteiger partial charge is 0.256 e. The summed E-state index contributed by atoms with van der Waals surface area (Å²) in [6.45, 7) is 0. The summed E-state index contributed by atoms with van der Waals surface area (Å²) >= 11 is 0. The van der Waals surface area contributed by atoms with Gasteiger partial charge in [-0.25, -0.2) is 0 Å². The Hall–Kier alpha value is -3.20. The molecule has 4 aromatic rings. The first kappa shape index (κ1) is 14.2. The zero-order valence-corrected chi connectivity index (χ0v) is 13.6. The van der Waals surface area contributed by atoms with Crippen LogP contribution in [0.1, 0.15) is 21.5 Å². The third-order valence-corrected chi connectivity index (χ3v) is 5.02. The highest BCUT2D eigenvalue weighted by molar-refractivity contribution is 6.15. The van der Waals surface area contributed by atoms with Gasteiger partial charge >= 0.3 is 0 Å². The van der Waals surface area contributed by atoms with Crippen molar-refractivity contribution in [2.24, 2.45) is 0 Å². The molecule has 1 N–H and O–H groups in total. The number of fused-ring (bicyclic) bond motifs is 1. The lowest BCUT2D eigenvalue weighted by Gasteiger charge is -2.11. The molecule has 0 saturated heterocycles. The van der Waals surface area contributed by atoms with Crippen molar-refractivity contribution in [2.45, 2.75) is 12.8 Å². The van der Waals surface area contributed by atoms with Crippen molar-refractivity contribution >= 4 is 33.3 Å². The molecule has 5 rings (SSSR count). The van der Waals surface area contributed by atoms with E-state index in [1.54, 1.807) is 6.20 Å². The first-order valence-electron chi connectivity index (χ1n) is 8.50. The number of hydrogen-bond acceptors (Lipinski definition) is 2. The van der Waals surface area contributed by atoms with E-state index >= 15 is 0 Å². The number of pyridine rings is 1. The van der Waals surface area contributed by atoms with Gasteiger partial charge in [-0.1, -0.05) is 36.4 Å². The molecule has 1 aromatic heterocycles. The zero-order valence-electron chi connectivity index (χ0n) is 13.6. The molecule has 0 atom stereocenters. The predicted molar refractivity (Wildman–Crippen MR) is 101 cm³/mol. The van der Waals surface area contributed by atoms with Crippen molar-refractivity contribution in [2.75, 3.05) is 5.32 Å². The number of benzene rings is 3. The Labute approximate surface area is 145 Å². The summed E-state index contributed by atoms with van der Waals surface area (Å²) in [7, 11) is 0. The Morgan fingerprint density at radius 2 is 1.64 bits per heavy atom. The third kappa shape index (κ3) is 2.20. The van der Waals surface area contributed by atoms with Gasteiger partial charge in [0.1, 0.15) is 0 Å². The van der Waals surface area contributed by atoms with Crippen LogP contribution in [0.25, 0.3) is 21.7 Å².